The molecule has 0 N–H and O–H groups in total. The summed E-state index contributed by atoms with van der Waals surface area (Å²) in [6.45, 7) is 3.92. The lowest BCUT2D eigenvalue weighted by atomic mass is 10.3. The highest BCUT2D eigenvalue weighted by atomic mass is 32.2. The van der Waals surface area contributed by atoms with Crippen molar-refractivity contribution in [2.75, 3.05) is 27.3 Å². The van der Waals surface area contributed by atoms with Crippen molar-refractivity contribution in [3.05, 3.63) is 17.9 Å². The molecule has 1 aliphatic rings. The molecule has 6 nitrogen and oxygen atoms in total. The molecular formula is C14H20FNO5S. The minimum atomic E-state index is -3.97. The van der Waals surface area contributed by atoms with Crippen molar-refractivity contribution in [3.63, 3.8) is 0 Å². The van der Waals surface area contributed by atoms with Crippen LogP contribution in [-0.4, -0.2) is 52.2 Å². The summed E-state index contributed by atoms with van der Waals surface area (Å²) >= 11 is 0. The van der Waals surface area contributed by atoms with Crippen LogP contribution in [0, 0.1) is 5.82 Å². The fraction of sp³-hybridized carbons (Fsp3) is 0.571. The third-order valence-corrected chi connectivity index (χ3v) is 5.29. The standard InChI is InChI=1S/C14H20FNO5S/c1-9-7-16(8-10(2)21-9)22(17,18)14-6-13(20-4)12(19-3)5-11(14)15/h5-6,9-10H,7-8H2,1-4H3. The van der Waals surface area contributed by atoms with Crippen LogP contribution >= 0.6 is 0 Å². The number of rotatable bonds is 4. The first-order valence-electron chi connectivity index (χ1n) is 6.86. The number of nitrogens with zero attached hydrogens (tertiary/aromatic N) is 1. The number of halogens is 1. The van der Waals surface area contributed by atoms with Crippen molar-refractivity contribution < 1.29 is 27.0 Å². The lowest BCUT2D eigenvalue weighted by molar-refractivity contribution is -0.0441. The molecule has 1 aromatic carbocycles. The van der Waals surface area contributed by atoms with Gasteiger partial charge in [0.05, 0.1) is 26.4 Å². The smallest absolute Gasteiger partial charge is 0.246 e. The Morgan fingerprint density at radius 3 is 2.14 bits per heavy atom. The molecule has 1 heterocycles. The first kappa shape index (κ1) is 17.0. The van der Waals surface area contributed by atoms with Gasteiger partial charge in [0.2, 0.25) is 10.0 Å². The quantitative estimate of drug-likeness (QED) is 0.838. The topological polar surface area (TPSA) is 65.1 Å². The zero-order valence-corrected chi connectivity index (χ0v) is 13.8. The van der Waals surface area contributed by atoms with Gasteiger partial charge >= 0.3 is 0 Å². The van der Waals surface area contributed by atoms with Gasteiger partial charge in [-0.05, 0) is 13.8 Å². The van der Waals surface area contributed by atoms with Crippen molar-refractivity contribution >= 4 is 10.0 Å². The van der Waals surface area contributed by atoms with Gasteiger partial charge in [-0.25, -0.2) is 12.8 Å². The molecule has 124 valence electrons. The first-order valence-corrected chi connectivity index (χ1v) is 8.30. The molecule has 0 aromatic heterocycles. The molecule has 0 saturated carbocycles. The number of sulfonamides is 1. The number of hydrogen-bond donors (Lipinski definition) is 0. The molecule has 1 aromatic rings. The fourth-order valence-corrected chi connectivity index (χ4v) is 4.15. The molecule has 0 spiro atoms. The molecule has 1 aliphatic heterocycles. The Kier molecular flexibility index (Phi) is 4.93. The van der Waals surface area contributed by atoms with E-state index in [0.29, 0.717) is 0 Å². The van der Waals surface area contributed by atoms with Crippen LogP contribution in [0.25, 0.3) is 0 Å². The highest BCUT2D eigenvalue weighted by molar-refractivity contribution is 7.89. The Bertz CT molecular complexity index is 639. The highest BCUT2D eigenvalue weighted by Crippen LogP contribution is 2.33. The van der Waals surface area contributed by atoms with Crippen LogP contribution in [0.2, 0.25) is 0 Å². The zero-order valence-electron chi connectivity index (χ0n) is 13.0. The Morgan fingerprint density at radius 1 is 1.14 bits per heavy atom. The molecule has 1 fully saturated rings. The third-order valence-electron chi connectivity index (χ3n) is 3.44. The number of methoxy groups -OCH3 is 2. The van der Waals surface area contributed by atoms with E-state index >= 15 is 0 Å². The van der Waals surface area contributed by atoms with Gasteiger partial charge in [0.25, 0.3) is 0 Å². The van der Waals surface area contributed by atoms with E-state index in [2.05, 4.69) is 0 Å². The van der Waals surface area contributed by atoms with Crippen molar-refractivity contribution in [2.45, 2.75) is 31.0 Å². The molecule has 2 atom stereocenters. The molecule has 2 rings (SSSR count). The van der Waals surface area contributed by atoms with Crippen LogP contribution in [-0.2, 0) is 14.8 Å². The summed E-state index contributed by atoms with van der Waals surface area (Å²) in [5, 5.41) is 0. The van der Waals surface area contributed by atoms with Crippen LogP contribution in [0.4, 0.5) is 4.39 Å². The van der Waals surface area contributed by atoms with Crippen LogP contribution in [0.15, 0.2) is 17.0 Å². The summed E-state index contributed by atoms with van der Waals surface area (Å²) in [6, 6.07) is 2.16. The summed E-state index contributed by atoms with van der Waals surface area (Å²) in [5.74, 6) is -0.566. The average molecular weight is 333 g/mol. The molecule has 0 amide bonds. The van der Waals surface area contributed by atoms with Crippen molar-refractivity contribution in [2.24, 2.45) is 0 Å². The van der Waals surface area contributed by atoms with E-state index in [9.17, 15) is 12.8 Å². The second-order valence-electron chi connectivity index (χ2n) is 5.22. The molecular weight excluding hydrogens is 313 g/mol. The SMILES string of the molecule is COc1cc(F)c(S(=O)(=O)N2CC(C)OC(C)C2)cc1OC. The minimum Gasteiger partial charge on any atom is -0.493 e. The van der Waals surface area contributed by atoms with Gasteiger partial charge in [0.15, 0.2) is 11.5 Å². The molecule has 0 aliphatic carbocycles. The number of benzene rings is 1. The maximum Gasteiger partial charge on any atom is 0.246 e. The minimum absolute atomic E-state index is 0.141. The zero-order chi connectivity index (χ0) is 16.5. The number of morpholine rings is 1. The molecule has 0 bridgehead atoms. The van der Waals surface area contributed by atoms with E-state index in [-0.39, 0.29) is 36.8 Å². The van der Waals surface area contributed by atoms with Crippen molar-refractivity contribution in [3.8, 4) is 11.5 Å². The van der Waals surface area contributed by atoms with Crippen LogP contribution in [0.3, 0.4) is 0 Å². The summed E-state index contributed by atoms with van der Waals surface area (Å²) in [4.78, 5) is -0.425. The van der Waals surface area contributed by atoms with Gasteiger partial charge in [-0.1, -0.05) is 0 Å². The van der Waals surface area contributed by atoms with Crippen molar-refractivity contribution in [1.29, 1.82) is 0 Å². The van der Waals surface area contributed by atoms with Crippen LogP contribution < -0.4 is 9.47 Å². The highest BCUT2D eigenvalue weighted by Gasteiger charge is 2.34. The molecule has 1 saturated heterocycles. The van der Waals surface area contributed by atoms with Gasteiger partial charge in [0, 0.05) is 25.2 Å². The lowest BCUT2D eigenvalue weighted by Gasteiger charge is -2.34. The largest absolute Gasteiger partial charge is 0.493 e. The van der Waals surface area contributed by atoms with Gasteiger partial charge in [-0.15, -0.1) is 0 Å². The lowest BCUT2D eigenvalue weighted by Crippen LogP contribution is -2.48. The second-order valence-corrected chi connectivity index (χ2v) is 7.12. The number of ether oxygens (including phenoxy) is 3. The average Bonchev–Trinajstić information content (AvgIpc) is 2.45. The van der Waals surface area contributed by atoms with Gasteiger partial charge < -0.3 is 14.2 Å². The van der Waals surface area contributed by atoms with E-state index in [4.69, 9.17) is 14.2 Å². The van der Waals surface area contributed by atoms with E-state index < -0.39 is 20.7 Å². The van der Waals surface area contributed by atoms with E-state index in [1.165, 1.54) is 18.5 Å². The Balaban J connectivity index is 2.45. The monoisotopic (exact) mass is 333 g/mol. The second kappa shape index (κ2) is 6.39. The molecule has 0 radical (unpaired) electrons. The summed E-state index contributed by atoms with van der Waals surface area (Å²) < 4.78 is 56.4. The predicted molar refractivity (Wildman–Crippen MR) is 78.3 cm³/mol. The Labute approximate surface area is 129 Å². The van der Waals surface area contributed by atoms with Crippen LogP contribution in [0.5, 0.6) is 11.5 Å². The maximum atomic E-state index is 14.2. The predicted octanol–water partition coefficient (Wildman–Crippen LogP) is 1.64. The normalized spacial score (nSPS) is 23.3. The molecule has 8 heteroatoms. The Morgan fingerprint density at radius 2 is 1.64 bits per heavy atom. The molecule has 22 heavy (non-hydrogen) atoms. The first-order chi connectivity index (χ1) is 10.3. The Hall–Kier alpha value is -1.38. The van der Waals surface area contributed by atoms with E-state index in [1.54, 1.807) is 13.8 Å². The third kappa shape index (κ3) is 3.18. The summed E-state index contributed by atoms with van der Waals surface area (Å²) in [6.07, 6.45) is -0.497. The van der Waals surface area contributed by atoms with Gasteiger partial charge in [-0.3, -0.25) is 0 Å². The molecule has 2 unspecified atom stereocenters. The van der Waals surface area contributed by atoms with Crippen molar-refractivity contribution in [1.82, 2.24) is 4.31 Å². The van der Waals surface area contributed by atoms with E-state index in [1.807, 2.05) is 0 Å². The van der Waals surface area contributed by atoms with Crippen LogP contribution in [0.1, 0.15) is 13.8 Å². The van der Waals surface area contributed by atoms with E-state index in [0.717, 1.165) is 12.1 Å². The summed E-state index contributed by atoms with van der Waals surface area (Å²) in [7, 11) is -1.25. The number of hydrogen-bond acceptors (Lipinski definition) is 5. The fourth-order valence-electron chi connectivity index (χ4n) is 2.50. The van der Waals surface area contributed by atoms with Gasteiger partial charge in [-0.2, -0.15) is 4.31 Å². The van der Waals surface area contributed by atoms with Gasteiger partial charge in [0.1, 0.15) is 10.7 Å². The maximum absolute atomic E-state index is 14.2. The summed E-state index contributed by atoms with van der Waals surface area (Å²) in [5.41, 5.74) is 0.